The van der Waals surface area contributed by atoms with Crippen LogP contribution in [0.2, 0.25) is 0 Å². The molecule has 174 valence electrons. The summed E-state index contributed by atoms with van der Waals surface area (Å²) < 4.78 is 2.22. The van der Waals surface area contributed by atoms with E-state index in [1.807, 2.05) is 49.6 Å². The van der Waals surface area contributed by atoms with Crippen LogP contribution in [0.4, 0.5) is 11.4 Å². The van der Waals surface area contributed by atoms with Gasteiger partial charge in [-0.1, -0.05) is 43.5 Å². The molecule has 0 amide bonds. The molecular weight excluding hydrogens is 440 g/mol. The zero-order chi connectivity index (χ0) is 25.2. The summed E-state index contributed by atoms with van der Waals surface area (Å²) in [6, 6.07) is 24.8. The molecule has 0 spiro atoms. The van der Waals surface area contributed by atoms with E-state index >= 15 is 0 Å². The Morgan fingerprint density at radius 3 is 1.86 bits per heavy atom. The average molecular weight is 468 g/mol. The summed E-state index contributed by atoms with van der Waals surface area (Å²) >= 11 is 0. The SMILES string of the molecule is C=Cc1cc(C=C)cc(C=Nc2cc3c(cc2C)nc2cc(C)c(N=C)cc2[n+]3-c2ccccc2)c1. The minimum atomic E-state index is 0.846. The number of rotatable bonds is 6. The van der Waals surface area contributed by atoms with E-state index < -0.39 is 0 Å². The van der Waals surface area contributed by atoms with E-state index in [4.69, 9.17) is 9.98 Å². The predicted octanol–water partition coefficient (Wildman–Crippen LogP) is 7.65. The molecule has 0 aliphatic rings. The maximum absolute atomic E-state index is 5.01. The normalized spacial score (nSPS) is 11.3. The Hall–Kier alpha value is -4.70. The van der Waals surface area contributed by atoms with Gasteiger partial charge >= 0.3 is 0 Å². The van der Waals surface area contributed by atoms with Gasteiger partial charge in [0.2, 0.25) is 16.7 Å². The van der Waals surface area contributed by atoms with Crippen molar-refractivity contribution < 1.29 is 4.57 Å². The predicted molar refractivity (Wildman–Crippen MR) is 153 cm³/mol. The first-order valence-corrected chi connectivity index (χ1v) is 11.8. The minimum Gasteiger partial charge on any atom is -0.264 e. The minimum absolute atomic E-state index is 0.846. The molecular formula is C32H27N4+. The zero-order valence-electron chi connectivity index (χ0n) is 20.6. The lowest BCUT2D eigenvalue weighted by atomic mass is 10.1. The van der Waals surface area contributed by atoms with E-state index in [1.165, 1.54) is 0 Å². The lowest BCUT2D eigenvalue weighted by molar-refractivity contribution is -0.538. The van der Waals surface area contributed by atoms with Gasteiger partial charge in [0.25, 0.3) is 0 Å². The van der Waals surface area contributed by atoms with Gasteiger partial charge in [0.05, 0.1) is 11.4 Å². The van der Waals surface area contributed by atoms with Crippen molar-refractivity contribution in [3.8, 4) is 5.69 Å². The summed E-state index contributed by atoms with van der Waals surface area (Å²) in [5, 5.41) is 0. The quantitative estimate of drug-likeness (QED) is 0.144. The highest BCUT2D eigenvalue weighted by Gasteiger charge is 2.22. The highest BCUT2D eigenvalue weighted by molar-refractivity contribution is 5.89. The van der Waals surface area contributed by atoms with Gasteiger partial charge in [-0.25, -0.2) is 4.98 Å². The number of hydrogen-bond acceptors (Lipinski definition) is 3. The molecule has 0 radical (unpaired) electrons. The second kappa shape index (κ2) is 9.51. The summed E-state index contributed by atoms with van der Waals surface area (Å²) in [5.41, 5.74) is 11.7. The molecule has 5 rings (SSSR count). The fourth-order valence-electron chi connectivity index (χ4n) is 4.46. The molecule has 0 bridgehead atoms. The van der Waals surface area contributed by atoms with Crippen molar-refractivity contribution in [2.45, 2.75) is 13.8 Å². The molecule has 4 aromatic carbocycles. The van der Waals surface area contributed by atoms with Gasteiger partial charge in [-0.3, -0.25) is 9.98 Å². The van der Waals surface area contributed by atoms with Gasteiger partial charge in [0.15, 0.2) is 0 Å². The number of aliphatic imine (C=N–C) groups is 2. The summed E-state index contributed by atoms with van der Waals surface area (Å²) in [5.74, 6) is 0. The average Bonchev–Trinajstić information content (AvgIpc) is 2.90. The molecule has 0 saturated heterocycles. The highest BCUT2D eigenvalue weighted by atomic mass is 15.0. The van der Waals surface area contributed by atoms with Crippen LogP contribution in [0.25, 0.3) is 39.9 Å². The van der Waals surface area contributed by atoms with Crippen molar-refractivity contribution in [3.63, 3.8) is 0 Å². The van der Waals surface area contributed by atoms with Crippen molar-refractivity contribution in [3.05, 3.63) is 114 Å². The lowest BCUT2D eigenvalue weighted by Gasteiger charge is -2.09. The monoisotopic (exact) mass is 467 g/mol. The van der Waals surface area contributed by atoms with Gasteiger partial charge in [-0.15, -0.1) is 4.57 Å². The van der Waals surface area contributed by atoms with Crippen LogP contribution < -0.4 is 4.57 Å². The molecule has 0 aliphatic heterocycles. The Labute approximate surface area is 211 Å². The topological polar surface area (TPSA) is 41.5 Å². The number of aryl methyl sites for hydroxylation is 2. The molecule has 4 nitrogen and oxygen atoms in total. The lowest BCUT2D eigenvalue weighted by Crippen LogP contribution is -2.33. The number of para-hydroxylation sites is 1. The molecule has 0 unspecified atom stereocenters. The van der Waals surface area contributed by atoms with Crippen LogP contribution >= 0.6 is 0 Å². The third-order valence-electron chi connectivity index (χ3n) is 6.32. The van der Waals surface area contributed by atoms with Crippen molar-refractivity contribution >= 4 is 58.5 Å². The number of aromatic nitrogens is 2. The van der Waals surface area contributed by atoms with E-state index in [2.05, 4.69) is 84.9 Å². The van der Waals surface area contributed by atoms with Crippen molar-refractivity contribution in [1.82, 2.24) is 4.98 Å². The smallest absolute Gasteiger partial charge is 0.239 e. The van der Waals surface area contributed by atoms with E-state index in [9.17, 15) is 0 Å². The van der Waals surface area contributed by atoms with Gasteiger partial charge in [0.1, 0.15) is 11.0 Å². The summed E-state index contributed by atoms with van der Waals surface area (Å²) in [6.07, 6.45) is 5.55. The summed E-state index contributed by atoms with van der Waals surface area (Å²) in [7, 11) is 0. The first-order chi connectivity index (χ1) is 17.5. The Bertz CT molecular complexity index is 1670. The molecule has 1 aromatic heterocycles. The van der Waals surface area contributed by atoms with Gasteiger partial charge < -0.3 is 0 Å². The largest absolute Gasteiger partial charge is 0.264 e. The molecule has 1 heterocycles. The second-order valence-electron chi connectivity index (χ2n) is 8.80. The fourth-order valence-corrected chi connectivity index (χ4v) is 4.46. The third kappa shape index (κ3) is 4.25. The summed E-state index contributed by atoms with van der Waals surface area (Å²) in [4.78, 5) is 14.1. The molecule has 0 aliphatic carbocycles. The van der Waals surface area contributed by atoms with Crippen LogP contribution in [-0.2, 0) is 0 Å². The molecule has 0 N–H and O–H groups in total. The van der Waals surface area contributed by atoms with Crippen LogP contribution in [0.5, 0.6) is 0 Å². The molecule has 36 heavy (non-hydrogen) atoms. The number of nitrogens with zero attached hydrogens (tertiary/aromatic N) is 4. The maximum Gasteiger partial charge on any atom is 0.239 e. The third-order valence-corrected chi connectivity index (χ3v) is 6.32. The Kier molecular flexibility index (Phi) is 6.09. The first kappa shape index (κ1) is 23.1. The van der Waals surface area contributed by atoms with E-state index in [0.29, 0.717) is 0 Å². The molecule has 0 atom stereocenters. The van der Waals surface area contributed by atoms with Gasteiger partial charge in [0, 0.05) is 30.5 Å². The van der Waals surface area contributed by atoms with Crippen molar-refractivity contribution in [2.24, 2.45) is 9.98 Å². The van der Waals surface area contributed by atoms with E-state index in [-0.39, 0.29) is 0 Å². The number of benzene rings is 4. The molecule has 0 fully saturated rings. The Morgan fingerprint density at radius 2 is 1.28 bits per heavy atom. The second-order valence-corrected chi connectivity index (χ2v) is 8.80. The summed E-state index contributed by atoms with van der Waals surface area (Å²) in [6.45, 7) is 15.6. The van der Waals surface area contributed by atoms with Crippen LogP contribution in [0.3, 0.4) is 0 Å². The maximum atomic E-state index is 5.01. The van der Waals surface area contributed by atoms with Gasteiger partial charge in [-0.05, 0) is 78.7 Å². The first-order valence-electron chi connectivity index (χ1n) is 11.8. The molecule has 5 aromatic rings. The molecule has 0 saturated carbocycles. The van der Waals surface area contributed by atoms with Crippen molar-refractivity contribution in [1.29, 1.82) is 0 Å². The van der Waals surface area contributed by atoms with Crippen LogP contribution in [0.15, 0.2) is 95.9 Å². The standard InChI is InChI=1S/C32H27N4/c1-6-23-15-24(7-2)17-25(16-23)20-34-28-19-32-30(14-22(28)4)35-29-13-21(3)27(33-5)18-31(29)36(32)26-11-9-8-10-12-26/h6-20H,1-2,5H2,3-4H3/q+1. The van der Waals surface area contributed by atoms with Gasteiger partial charge in [-0.2, -0.15) is 0 Å². The molecule has 4 heteroatoms. The fraction of sp³-hybridized carbons (Fsp3) is 0.0625. The van der Waals surface area contributed by atoms with E-state index in [1.54, 1.807) is 0 Å². The number of fused-ring (bicyclic) bond motifs is 2. The highest BCUT2D eigenvalue weighted by Crippen LogP contribution is 2.29. The van der Waals surface area contributed by atoms with E-state index in [0.717, 1.165) is 66.9 Å². The van der Waals surface area contributed by atoms with Crippen LogP contribution in [0, 0.1) is 13.8 Å². The number of hydrogen-bond donors (Lipinski definition) is 0. The van der Waals surface area contributed by atoms with Crippen LogP contribution in [0.1, 0.15) is 27.8 Å². The Balaban J connectivity index is 1.76. The van der Waals surface area contributed by atoms with Crippen molar-refractivity contribution in [2.75, 3.05) is 0 Å². The Morgan fingerprint density at radius 1 is 0.722 bits per heavy atom. The van der Waals surface area contributed by atoms with Crippen LogP contribution in [-0.4, -0.2) is 17.9 Å². The zero-order valence-corrected chi connectivity index (χ0v) is 20.6.